The number of hydrogen-bond acceptors (Lipinski definition) is 2. The van der Waals surface area contributed by atoms with E-state index in [1.54, 1.807) is 0 Å². The first-order valence-electron chi connectivity index (χ1n) is 7.62. The van der Waals surface area contributed by atoms with Crippen LogP contribution in [0.15, 0.2) is 0 Å². The van der Waals surface area contributed by atoms with Gasteiger partial charge in [0.2, 0.25) is 0 Å². The smallest absolute Gasteiger partial charge is 0.0468 e. The summed E-state index contributed by atoms with van der Waals surface area (Å²) in [5.74, 6) is 2.79. The number of hydrogen-bond donors (Lipinski definition) is 1. The third kappa shape index (κ3) is 3.69. The minimum absolute atomic E-state index is 0.791. The molecule has 0 aromatic heterocycles. The molecule has 2 aliphatic rings. The van der Waals surface area contributed by atoms with Crippen molar-refractivity contribution in [2.45, 2.75) is 58.4 Å². The van der Waals surface area contributed by atoms with Crippen molar-refractivity contribution in [3.05, 3.63) is 0 Å². The number of nitrogens with one attached hydrogen (secondary N) is 1. The van der Waals surface area contributed by atoms with Gasteiger partial charge in [0, 0.05) is 19.3 Å². The maximum Gasteiger partial charge on any atom is 0.0468 e. The van der Waals surface area contributed by atoms with Crippen LogP contribution >= 0.6 is 0 Å². The molecule has 17 heavy (non-hydrogen) atoms. The van der Waals surface area contributed by atoms with E-state index in [0.717, 1.165) is 37.0 Å². The maximum atomic E-state index is 5.45. The normalized spacial score (nSPS) is 35.3. The van der Waals surface area contributed by atoms with Gasteiger partial charge in [-0.2, -0.15) is 0 Å². The molecule has 1 saturated carbocycles. The van der Waals surface area contributed by atoms with E-state index in [4.69, 9.17) is 4.74 Å². The predicted octanol–water partition coefficient (Wildman–Crippen LogP) is 3.22. The second-order valence-electron chi connectivity index (χ2n) is 6.05. The molecule has 0 spiro atoms. The van der Waals surface area contributed by atoms with Crippen molar-refractivity contribution in [3.8, 4) is 0 Å². The molecule has 2 nitrogen and oxygen atoms in total. The second kappa shape index (κ2) is 6.75. The van der Waals surface area contributed by atoms with Gasteiger partial charge in [-0.3, -0.25) is 0 Å². The van der Waals surface area contributed by atoms with E-state index in [1.165, 1.54) is 45.1 Å². The summed E-state index contributed by atoms with van der Waals surface area (Å²) in [5.41, 5.74) is 0. The van der Waals surface area contributed by atoms with Crippen LogP contribution in [-0.4, -0.2) is 25.8 Å². The number of ether oxygens (including phenoxy) is 1. The summed E-state index contributed by atoms with van der Waals surface area (Å²) in [5, 5.41) is 3.72. The topological polar surface area (TPSA) is 21.3 Å². The molecule has 0 radical (unpaired) electrons. The molecule has 100 valence electrons. The van der Waals surface area contributed by atoms with Crippen LogP contribution < -0.4 is 5.32 Å². The van der Waals surface area contributed by atoms with E-state index in [2.05, 4.69) is 19.2 Å². The molecule has 0 aromatic rings. The first-order valence-corrected chi connectivity index (χ1v) is 7.62. The Morgan fingerprint density at radius 3 is 2.59 bits per heavy atom. The molecule has 1 saturated heterocycles. The van der Waals surface area contributed by atoms with E-state index in [-0.39, 0.29) is 0 Å². The van der Waals surface area contributed by atoms with Crippen molar-refractivity contribution < 1.29 is 4.74 Å². The highest BCUT2D eigenvalue weighted by atomic mass is 16.5. The van der Waals surface area contributed by atoms with Gasteiger partial charge in [-0.15, -0.1) is 0 Å². The fraction of sp³-hybridized carbons (Fsp3) is 1.00. The van der Waals surface area contributed by atoms with Gasteiger partial charge in [0.05, 0.1) is 0 Å². The summed E-state index contributed by atoms with van der Waals surface area (Å²) in [6.45, 7) is 7.92. The minimum atomic E-state index is 0.791. The molecule has 0 amide bonds. The van der Waals surface area contributed by atoms with Crippen molar-refractivity contribution in [1.82, 2.24) is 5.32 Å². The maximum absolute atomic E-state index is 5.45. The number of rotatable bonds is 5. The van der Waals surface area contributed by atoms with E-state index >= 15 is 0 Å². The summed E-state index contributed by atoms with van der Waals surface area (Å²) < 4.78 is 5.45. The first-order chi connectivity index (χ1) is 8.31. The minimum Gasteiger partial charge on any atom is -0.381 e. The Balaban J connectivity index is 1.74. The van der Waals surface area contributed by atoms with Gasteiger partial charge in [-0.05, 0) is 62.8 Å². The standard InChI is InChI=1S/C15H29NO/c1-3-8-16-15-5-4-14(12(15)2)11-13-6-9-17-10-7-13/h12-16H,3-11H2,1-2H3. The van der Waals surface area contributed by atoms with E-state index in [9.17, 15) is 0 Å². The molecule has 0 aromatic carbocycles. The zero-order valence-corrected chi connectivity index (χ0v) is 11.6. The Morgan fingerprint density at radius 1 is 1.12 bits per heavy atom. The summed E-state index contributed by atoms with van der Waals surface area (Å²) in [6.07, 6.45) is 8.16. The van der Waals surface area contributed by atoms with Crippen LogP contribution in [-0.2, 0) is 4.74 Å². The first kappa shape index (κ1) is 13.4. The van der Waals surface area contributed by atoms with Crippen LogP contribution in [0.3, 0.4) is 0 Å². The van der Waals surface area contributed by atoms with E-state index < -0.39 is 0 Å². The Bertz CT molecular complexity index is 213. The largest absolute Gasteiger partial charge is 0.381 e. The Kier molecular flexibility index (Phi) is 5.30. The zero-order valence-electron chi connectivity index (χ0n) is 11.6. The van der Waals surface area contributed by atoms with Gasteiger partial charge in [-0.1, -0.05) is 13.8 Å². The predicted molar refractivity (Wildman–Crippen MR) is 72.1 cm³/mol. The molecule has 1 aliphatic carbocycles. The van der Waals surface area contributed by atoms with Crippen molar-refractivity contribution in [3.63, 3.8) is 0 Å². The monoisotopic (exact) mass is 239 g/mol. The average molecular weight is 239 g/mol. The van der Waals surface area contributed by atoms with Crippen LogP contribution in [0.2, 0.25) is 0 Å². The summed E-state index contributed by atoms with van der Waals surface area (Å²) in [4.78, 5) is 0. The second-order valence-corrected chi connectivity index (χ2v) is 6.05. The van der Waals surface area contributed by atoms with Gasteiger partial charge in [0.1, 0.15) is 0 Å². The van der Waals surface area contributed by atoms with Gasteiger partial charge in [0.25, 0.3) is 0 Å². The van der Waals surface area contributed by atoms with Gasteiger partial charge in [0.15, 0.2) is 0 Å². The summed E-state index contributed by atoms with van der Waals surface area (Å²) >= 11 is 0. The lowest BCUT2D eigenvalue weighted by molar-refractivity contribution is 0.0563. The quantitative estimate of drug-likeness (QED) is 0.795. The van der Waals surface area contributed by atoms with Gasteiger partial charge < -0.3 is 10.1 Å². The molecule has 1 aliphatic heterocycles. The van der Waals surface area contributed by atoms with Gasteiger partial charge in [-0.25, -0.2) is 0 Å². The lowest BCUT2D eigenvalue weighted by Crippen LogP contribution is -2.33. The molecule has 2 heteroatoms. The third-order valence-electron chi connectivity index (χ3n) is 4.86. The van der Waals surface area contributed by atoms with Crippen LogP contribution in [0.1, 0.15) is 52.4 Å². The van der Waals surface area contributed by atoms with Crippen molar-refractivity contribution in [1.29, 1.82) is 0 Å². The zero-order chi connectivity index (χ0) is 12.1. The molecule has 1 heterocycles. The fourth-order valence-corrected chi connectivity index (χ4v) is 3.61. The molecule has 3 unspecified atom stereocenters. The molecule has 1 N–H and O–H groups in total. The van der Waals surface area contributed by atoms with E-state index in [0.29, 0.717) is 0 Å². The van der Waals surface area contributed by atoms with Crippen molar-refractivity contribution in [2.75, 3.05) is 19.8 Å². The van der Waals surface area contributed by atoms with Crippen molar-refractivity contribution in [2.24, 2.45) is 17.8 Å². The van der Waals surface area contributed by atoms with Crippen molar-refractivity contribution >= 4 is 0 Å². The van der Waals surface area contributed by atoms with Crippen LogP contribution in [0, 0.1) is 17.8 Å². The Morgan fingerprint density at radius 2 is 1.88 bits per heavy atom. The summed E-state index contributed by atoms with van der Waals surface area (Å²) in [7, 11) is 0. The molecule has 3 atom stereocenters. The average Bonchev–Trinajstić information content (AvgIpc) is 2.70. The Labute approximate surface area is 107 Å². The lowest BCUT2D eigenvalue weighted by atomic mass is 9.83. The fourth-order valence-electron chi connectivity index (χ4n) is 3.61. The highest BCUT2D eigenvalue weighted by molar-refractivity contribution is 4.88. The van der Waals surface area contributed by atoms with Crippen LogP contribution in [0.5, 0.6) is 0 Å². The van der Waals surface area contributed by atoms with Crippen LogP contribution in [0.25, 0.3) is 0 Å². The molecule has 2 rings (SSSR count). The lowest BCUT2D eigenvalue weighted by Gasteiger charge is -2.28. The van der Waals surface area contributed by atoms with E-state index in [1.807, 2.05) is 0 Å². The van der Waals surface area contributed by atoms with Gasteiger partial charge >= 0.3 is 0 Å². The molecule has 2 fully saturated rings. The summed E-state index contributed by atoms with van der Waals surface area (Å²) in [6, 6.07) is 0.791. The Hall–Kier alpha value is -0.0800. The van der Waals surface area contributed by atoms with Crippen LogP contribution in [0.4, 0.5) is 0 Å². The highest BCUT2D eigenvalue weighted by Gasteiger charge is 2.33. The highest BCUT2D eigenvalue weighted by Crippen LogP contribution is 2.38. The molecule has 0 bridgehead atoms. The molecular formula is C15H29NO. The molecular weight excluding hydrogens is 210 g/mol. The SMILES string of the molecule is CCCNC1CCC(CC2CCOCC2)C1C. The third-order valence-corrected chi connectivity index (χ3v) is 4.86.